The first-order chi connectivity index (χ1) is 10.6. The fourth-order valence-electron chi connectivity index (χ4n) is 3.28. The van der Waals surface area contributed by atoms with Crippen molar-refractivity contribution in [3.63, 3.8) is 0 Å². The van der Waals surface area contributed by atoms with E-state index in [0.29, 0.717) is 5.92 Å². The van der Waals surface area contributed by atoms with Gasteiger partial charge >= 0.3 is 6.09 Å². The van der Waals surface area contributed by atoms with Gasteiger partial charge in [0.25, 0.3) is 0 Å². The Kier molecular flexibility index (Phi) is 6.95. The fraction of sp³-hybridized carbons (Fsp3) is 0.588. The molecule has 0 radical (unpaired) electrons. The average Bonchev–Trinajstić information content (AvgIpc) is 2.49. The largest absolute Gasteiger partial charge is 0.446 e. The second kappa shape index (κ2) is 8.72. The maximum atomic E-state index is 11.0. The van der Waals surface area contributed by atoms with E-state index in [-0.39, 0.29) is 6.10 Å². The van der Waals surface area contributed by atoms with E-state index in [1.807, 2.05) is 24.3 Å². The van der Waals surface area contributed by atoms with Gasteiger partial charge in [0.2, 0.25) is 0 Å². The summed E-state index contributed by atoms with van der Waals surface area (Å²) in [4.78, 5) is 11.0. The monoisotopic (exact) mass is 417 g/mol. The summed E-state index contributed by atoms with van der Waals surface area (Å²) in [6, 6.07) is 7.92. The first-order valence-corrected chi connectivity index (χ1v) is 9.04. The summed E-state index contributed by atoms with van der Waals surface area (Å²) in [5.74, 6) is 0.378. The summed E-state index contributed by atoms with van der Waals surface area (Å²) in [6.07, 6.45) is 5.77. The van der Waals surface area contributed by atoms with Crippen LogP contribution in [-0.2, 0) is 4.74 Å². The fourth-order valence-corrected chi connectivity index (χ4v) is 4.03. The molecule has 0 aromatic heterocycles. The number of halogens is 1. The lowest BCUT2D eigenvalue weighted by molar-refractivity contribution is 0.0370. The van der Waals surface area contributed by atoms with Gasteiger partial charge in [0, 0.05) is 3.57 Å². The second-order valence-electron chi connectivity index (χ2n) is 5.99. The summed E-state index contributed by atoms with van der Waals surface area (Å²) in [5.41, 5.74) is 6.15. The van der Waals surface area contributed by atoms with Gasteiger partial charge in [0.15, 0.2) is 0 Å². The number of rotatable bonds is 6. The number of amides is 1. The predicted octanol–water partition coefficient (Wildman–Crippen LogP) is 4.15. The van der Waals surface area contributed by atoms with Crippen molar-refractivity contribution in [1.82, 2.24) is 0 Å². The van der Waals surface area contributed by atoms with Crippen LogP contribution in [0.15, 0.2) is 24.3 Å². The Morgan fingerprint density at radius 1 is 1.36 bits per heavy atom. The molecule has 0 heterocycles. The molecule has 122 valence electrons. The van der Waals surface area contributed by atoms with Gasteiger partial charge in [0.05, 0.1) is 6.10 Å². The molecule has 0 bridgehead atoms. The van der Waals surface area contributed by atoms with E-state index in [4.69, 9.17) is 10.5 Å². The zero-order chi connectivity index (χ0) is 15.9. The number of aliphatic hydroxyl groups is 1. The van der Waals surface area contributed by atoms with Gasteiger partial charge in [-0.15, -0.1) is 0 Å². The summed E-state index contributed by atoms with van der Waals surface area (Å²) in [5, 5.41) is 10.3. The molecule has 0 aliphatic heterocycles. The van der Waals surface area contributed by atoms with Crippen LogP contribution in [0.4, 0.5) is 4.79 Å². The molecule has 4 nitrogen and oxygen atoms in total. The first-order valence-electron chi connectivity index (χ1n) is 7.96. The van der Waals surface area contributed by atoms with Crippen molar-refractivity contribution < 1.29 is 14.6 Å². The normalized spacial score (nSPS) is 23.0. The van der Waals surface area contributed by atoms with Gasteiger partial charge in [-0.05, 0) is 72.2 Å². The van der Waals surface area contributed by atoms with Gasteiger partial charge in [-0.3, -0.25) is 0 Å². The average molecular weight is 417 g/mol. The van der Waals surface area contributed by atoms with Crippen LogP contribution in [-0.4, -0.2) is 17.3 Å². The number of benzene rings is 1. The Morgan fingerprint density at radius 3 is 2.82 bits per heavy atom. The van der Waals surface area contributed by atoms with Crippen LogP contribution >= 0.6 is 22.6 Å². The number of hydrogen-bond acceptors (Lipinski definition) is 3. The summed E-state index contributed by atoms with van der Waals surface area (Å²) in [6.45, 7) is 0. The molecule has 2 rings (SSSR count). The molecular formula is C17H24INO3. The molecule has 22 heavy (non-hydrogen) atoms. The van der Waals surface area contributed by atoms with Crippen LogP contribution in [0.25, 0.3) is 0 Å². The third-order valence-electron chi connectivity index (χ3n) is 4.42. The number of nitrogens with two attached hydrogens (primary N) is 1. The lowest BCUT2D eigenvalue weighted by atomic mass is 9.82. The number of ether oxygens (including phenoxy) is 1. The van der Waals surface area contributed by atoms with E-state index in [2.05, 4.69) is 22.6 Å². The molecule has 0 saturated heterocycles. The summed E-state index contributed by atoms with van der Waals surface area (Å²) >= 11 is 2.26. The number of aliphatic hydroxyl groups excluding tert-OH is 1. The number of carbonyl (C=O) groups is 1. The van der Waals surface area contributed by atoms with Gasteiger partial charge in [-0.2, -0.15) is 0 Å². The van der Waals surface area contributed by atoms with Crippen LogP contribution in [0.5, 0.6) is 0 Å². The van der Waals surface area contributed by atoms with Crippen LogP contribution in [0.1, 0.15) is 56.6 Å². The molecular weight excluding hydrogens is 393 g/mol. The number of primary amides is 1. The maximum absolute atomic E-state index is 11.0. The van der Waals surface area contributed by atoms with E-state index >= 15 is 0 Å². The highest BCUT2D eigenvalue weighted by Crippen LogP contribution is 2.32. The van der Waals surface area contributed by atoms with Crippen molar-refractivity contribution in [2.75, 3.05) is 0 Å². The highest BCUT2D eigenvalue weighted by molar-refractivity contribution is 14.1. The Hall–Kier alpha value is -0.820. The summed E-state index contributed by atoms with van der Waals surface area (Å²) in [7, 11) is 0. The van der Waals surface area contributed by atoms with Crippen molar-refractivity contribution in [2.45, 2.75) is 57.2 Å². The Labute approximate surface area is 145 Å². The Morgan fingerprint density at radius 2 is 2.09 bits per heavy atom. The van der Waals surface area contributed by atoms with Crippen LogP contribution in [0.2, 0.25) is 0 Å². The van der Waals surface area contributed by atoms with Crippen molar-refractivity contribution in [3.05, 3.63) is 33.4 Å². The van der Waals surface area contributed by atoms with Crippen molar-refractivity contribution in [3.8, 4) is 0 Å². The topological polar surface area (TPSA) is 72.6 Å². The van der Waals surface area contributed by atoms with Crippen LogP contribution in [0.3, 0.4) is 0 Å². The molecule has 0 unspecified atom stereocenters. The van der Waals surface area contributed by atoms with Crippen molar-refractivity contribution in [2.24, 2.45) is 11.7 Å². The second-order valence-corrected chi connectivity index (χ2v) is 7.15. The standard InChI is InChI=1S/C17H24INO3/c18-14-9-3-2-8-13(14)15(20)10-5-7-12-6-1-4-11-16(12)22-17(19)21/h2-3,8-9,12,15-16,20H,1,4-7,10-11H2,(H2,19,21)/t12-,15-,16-/m0/s1. The minimum atomic E-state index is -0.671. The van der Waals surface area contributed by atoms with E-state index in [0.717, 1.165) is 47.7 Å². The Bertz CT molecular complexity index is 495. The molecule has 5 heteroatoms. The van der Waals surface area contributed by atoms with E-state index in [9.17, 15) is 9.90 Å². The molecule has 1 aromatic carbocycles. The van der Waals surface area contributed by atoms with E-state index in [1.165, 1.54) is 6.42 Å². The highest BCUT2D eigenvalue weighted by atomic mass is 127. The van der Waals surface area contributed by atoms with Crippen LogP contribution in [0, 0.1) is 9.49 Å². The molecule has 0 spiro atoms. The molecule has 1 saturated carbocycles. The highest BCUT2D eigenvalue weighted by Gasteiger charge is 2.27. The Balaban J connectivity index is 1.81. The van der Waals surface area contributed by atoms with Gasteiger partial charge < -0.3 is 15.6 Å². The third-order valence-corrected chi connectivity index (χ3v) is 5.41. The van der Waals surface area contributed by atoms with Crippen molar-refractivity contribution in [1.29, 1.82) is 0 Å². The molecule has 1 aliphatic carbocycles. The van der Waals surface area contributed by atoms with Gasteiger partial charge in [0.1, 0.15) is 6.10 Å². The van der Waals surface area contributed by atoms with E-state index < -0.39 is 12.2 Å². The van der Waals surface area contributed by atoms with Gasteiger partial charge in [-0.1, -0.05) is 31.0 Å². The van der Waals surface area contributed by atoms with Crippen LogP contribution < -0.4 is 5.73 Å². The minimum Gasteiger partial charge on any atom is -0.446 e. The van der Waals surface area contributed by atoms with E-state index in [1.54, 1.807) is 0 Å². The minimum absolute atomic E-state index is 0.0414. The zero-order valence-corrected chi connectivity index (χ0v) is 14.9. The molecule has 1 aromatic rings. The number of carbonyl (C=O) groups excluding carboxylic acids is 1. The molecule has 3 atom stereocenters. The molecule has 1 aliphatic rings. The zero-order valence-electron chi connectivity index (χ0n) is 12.7. The lowest BCUT2D eigenvalue weighted by Gasteiger charge is -2.30. The summed E-state index contributed by atoms with van der Waals surface area (Å²) < 4.78 is 6.34. The lowest BCUT2D eigenvalue weighted by Crippen LogP contribution is -2.32. The molecule has 1 amide bonds. The third kappa shape index (κ3) is 5.12. The first kappa shape index (κ1) is 17.5. The predicted molar refractivity (Wildman–Crippen MR) is 94.4 cm³/mol. The molecule has 1 fully saturated rings. The van der Waals surface area contributed by atoms with Gasteiger partial charge in [-0.25, -0.2) is 4.79 Å². The number of hydrogen-bond donors (Lipinski definition) is 2. The SMILES string of the molecule is NC(=O)O[C@H]1CCCC[C@H]1CCC[C@H](O)c1ccccc1I. The molecule has 3 N–H and O–H groups in total. The smallest absolute Gasteiger partial charge is 0.404 e. The maximum Gasteiger partial charge on any atom is 0.404 e. The van der Waals surface area contributed by atoms with Crippen molar-refractivity contribution >= 4 is 28.7 Å². The quantitative estimate of drug-likeness (QED) is 0.684.